The number of azo groups is 1. The predicted octanol–water partition coefficient (Wildman–Crippen LogP) is 4.96. The molecule has 0 bridgehead atoms. The average molecular weight is 346 g/mol. The van der Waals surface area contributed by atoms with Gasteiger partial charge in [-0.1, -0.05) is 11.6 Å². The highest BCUT2D eigenvalue weighted by molar-refractivity contribution is 6.31. The number of carbonyl (C=O) groups is 1. The van der Waals surface area contributed by atoms with E-state index in [4.69, 9.17) is 11.6 Å². The third-order valence-electron chi connectivity index (χ3n) is 3.42. The molecule has 2 rings (SSSR count). The van der Waals surface area contributed by atoms with Crippen LogP contribution in [0.1, 0.15) is 20.8 Å². The second-order valence-electron chi connectivity index (χ2n) is 5.07. The van der Waals surface area contributed by atoms with E-state index in [0.717, 1.165) is 18.8 Å². The summed E-state index contributed by atoms with van der Waals surface area (Å²) in [6.07, 6.45) is 1.59. The molecule has 24 heavy (non-hydrogen) atoms. The Bertz CT molecular complexity index is 744. The summed E-state index contributed by atoms with van der Waals surface area (Å²) in [4.78, 5) is 17.6. The van der Waals surface area contributed by atoms with Crippen LogP contribution in [0.3, 0.4) is 0 Å². The molecule has 1 amide bonds. The molecule has 0 radical (unpaired) electrons. The molecule has 6 nitrogen and oxygen atoms in total. The molecular weight excluding hydrogens is 326 g/mol. The Morgan fingerprint density at radius 2 is 1.92 bits per heavy atom. The van der Waals surface area contributed by atoms with Crippen LogP contribution in [-0.2, 0) is 4.79 Å². The number of nitrogens with zero attached hydrogens (tertiary/aromatic N) is 4. The number of anilines is 2. The first-order valence-corrected chi connectivity index (χ1v) is 8.11. The fourth-order valence-electron chi connectivity index (χ4n) is 2.25. The summed E-state index contributed by atoms with van der Waals surface area (Å²) in [5.41, 5.74) is 2.65. The minimum Gasteiger partial charge on any atom is -0.372 e. The molecule has 0 fully saturated rings. The molecule has 0 saturated carbocycles. The minimum atomic E-state index is -0.164. The average Bonchev–Trinajstić information content (AvgIpc) is 2.56. The van der Waals surface area contributed by atoms with Gasteiger partial charge < -0.3 is 10.2 Å². The number of hydrogen-bond acceptors (Lipinski definition) is 5. The molecule has 7 heteroatoms. The van der Waals surface area contributed by atoms with E-state index in [-0.39, 0.29) is 11.1 Å². The van der Waals surface area contributed by atoms with Crippen LogP contribution in [0.5, 0.6) is 0 Å². The van der Waals surface area contributed by atoms with Gasteiger partial charge in [-0.15, -0.1) is 10.2 Å². The Morgan fingerprint density at radius 3 is 2.54 bits per heavy atom. The summed E-state index contributed by atoms with van der Waals surface area (Å²) in [6, 6.07) is 9.14. The predicted molar refractivity (Wildman–Crippen MR) is 97.7 cm³/mol. The van der Waals surface area contributed by atoms with Crippen molar-refractivity contribution in [2.75, 3.05) is 23.3 Å². The van der Waals surface area contributed by atoms with Gasteiger partial charge >= 0.3 is 0 Å². The van der Waals surface area contributed by atoms with Gasteiger partial charge in [0.25, 0.3) is 0 Å². The number of pyridine rings is 1. The largest absolute Gasteiger partial charge is 0.372 e. The van der Waals surface area contributed by atoms with E-state index in [1.165, 1.54) is 6.92 Å². The van der Waals surface area contributed by atoms with Gasteiger partial charge in [-0.2, -0.15) is 0 Å². The Hall–Kier alpha value is -2.47. The second kappa shape index (κ2) is 8.40. The minimum absolute atomic E-state index is 0.164. The molecule has 0 unspecified atom stereocenters. The summed E-state index contributed by atoms with van der Waals surface area (Å²) in [5.74, 6) is -0.164. The maximum absolute atomic E-state index is 11.5. The molecule has 2 aromatic rings. The van der Waals surface area contributed by atoms with E-state index >= 15 is 0 Å². The lowest BCUT2D eigenvalue weighted by molar-refractivity contribution is -0.114. The Labute approximate surface area is 146 Å². The summed E-state index contributed by atoms with van der Waals surface area (Å²) in [7, 11) is 0. The van der Waals surface area contributed by atoms with Gasteiger partial charge in [-0.3, -0.25) is 4.79 Å². The SMILES string of the molecule is CCN(CC)c1ccc(N=Nc2cccnc2Cl)c(NC(C)=O)c1. The van der Waals surface area contributed by atoms with Crippen molar-refractivity contribution < 1.29 is 4.79 Å². The van der Waals surface area contributed by atoms with Gasteiger partial charge in [0.15, 0.2) is 5.15 Å². The van der Waals surface area contributed by atoms with Crippen molar-refractivity contribution in [2.45, 2.75) is 20.8 Å². The monoisotopic (exact) mass is 345 g/mol. The molecule has 126 valence electrons. The number of amides is 1. The second-order valence-corrected chi connectivity index (χ2v) is 5.43. The highest BCUT2D eigenvalue weighted by Crippen LogP contribution is 2.32. The van der Waals surface area contributed by atoms with Crippen LogP contribution >= 0.6 is 11.6 Å². The van der Waals surface area contributed by atoms with Gasteiger partial charge in [0, 0.05) is 31.9 Å². The maximum atomic E-state index is 11.5. The molecule has 0 atom stereocenters. The smallest absolute Gasteiger partial charge is 0.221 e. The molecule has 0 aliphatic carbocycles. The Kier molecular flexibility index (Phi) is 6.26. The molecule has 1 aromatic heterocycles. The van der Waals surface area contributed by atoms with E-state index < -0.39 is 0 Å². The first-order valence-electron chi connectivity index (χ1n) is 7.74. The molecule has 0 spiro atoms. The summed E-state index contributed by atoms with van der Waals surface area (Å²) >= 11 is 5.98. The zero-order valence-electron chi connectivity index (χ0n) is 14.0. The van der Waals surface area contributed by atoms with Crippen LogP contribution in [-0.4, -0.2) is 24.0 Å². The van der Waals surface area contributed by atoms with E-state index in [1.807, 2.05) is 18.2 Å². The zero-order chi connectivity index (χ0) is 17.5. The molecule has 0 aliphatic heterocycles. The van der Waals surface area contributed by atoms with Gasteiger partial charge in [0.1, 0.15) is 11.4 Å². The number of hydrogen-bond donors (Lipinski definition) is 1. The standard InChI is InChI=1S/C17H20ClN5O/c1-4-23(5-2)13-8-9-14(16(11-13)20-12(3)24)21-22-15-7-6-10-19-17(15)18/h6-11H,4-5H2,1-3H3,(H,20,24). The van der Waals surface area contributed by atoms with Crippen molar-refractivity contribution in [1.82, 2.24) is 4.98 Å². The van der Waals surface area contributed by atoms with Crippen LogP contribution in [0.2, 0.25) is 5.15 Å². The third kappa shape index (κ3) is 4.52. The summed E-state index contributed by atoms with van der Waals surface area (Å²) < 4.78 is 0. The van der Waals surface area contributed by atoms with Crippen molar-refractivity contribution in [2.24, 2.45) is 10.2 Å². The third-order valence-corrected chi connectivity index (χ3v) is 3.72. The lowest BCUT2D eigenvalue weighted by atomic mass is 10.2. The lowest BCUT2D eigenvalue weighted by Crippen LogP contribution is -2.21. The first kappa shape index (κ1) is 17.9. The van der Waals surface area contributed by atoms with Gasteiger partial charge in [0.2, 0.25) is 5.91 Å². The van der Waals surface area contributed by atoms with E-state index in [0.29, 0.717) is 17.1 Å². The fraction of sp³-hybridized carbons (Fsp3) is 0.294. The number of halogens is 1. The lowest BCUT2D eigenvalue weighted by Gasteiger charge is -2.22. The number of nitrogens with one attached hydrogen (secondary N) is 1. The highest BCUT2D eigenvalue weighted by atomic mass is 35.5. The van der Waals surface area contributed by atoms with E-state index in [1.54, 1.807) is 18.3 Å². The molecule has 1 aromatic carbocycles. The molecule has 0 aliphatic rings. The Balaban J connectivity index is 2.37. The van der Waals surface area contributed by atoms with Gasteiger partial charge in [-0.25, -0.2) is 4.98 Å². The van der Waals surface area contributed by atoms with Crippen molar-refractivity contribution in [3.05, 3.63) is 41.7 Å². The van der Waals surface area contributed by atoms with Crippen molar-refractivity contribution in [3.8, 4) is 0 Å². The van der Waals surface area contributed by atoms with Crippen LogP contribution in [0, 0.1) is 0 Å². The maximum Gasteiger partial charge on any atom is 0.221 e. The normalized spacial score (nSPS) is 10.8. The van der Waals surface area contributed by atoms with Crippen molar-refractivity contribution >= 4 is 40.3 Å². The summed E-state index contributed by atoms with van der Waals surface area (Å²) in [6.45, 7) is 7.38. The topological polar surface area (TPSA) is 70.0 Å². The highest BCUT2D eigenvalue weighted by Gasteiger charge is 2.09. The zero-order valence-corrected chi connectivity index (χ0v) is 14.7. The molecule has 1 heterocycles. The Morgan fingerprint density at radius 1 is 1.21 bits per heavy atom. The van der Waals surface area contributed by atoms with Crippen molar-refractivity contribution in [3.63, 3.8) is 0 Å². The van der Waals surface area contributed by atoms with Crippen LogP contribution in [0.25, 0.3) is 0 Å². The van der Waals surface area contributed by atoms with Crippen LogP contribution in [0.4, 0.5) is 22.7 Å². The fourth-order valence-corrected chi connectivity index (χ4v) is 2.40. The number of aromatic nitrogens is 1. The molecule has 0 saturated heterocycles. The van der Waals surface area contributed by atoms with E-state index in [2.05, 4.69) is 39.3 Å². The van der Waals surface area contributed by atoms with Gasteiger partial charge in [-0.05, 0) is 44.2 Å². The first-order chi connectivity index (χ1) is 11.5. The van der Waals surface area contributed by atoms with E-state index in [9.17, 15) is 4.79 Å². The van der Waals surface area contributed by atoms with Crippen molar-refractivity contribution in [1.29, 1.82) is 0 Å². The number of rotatable bonds is 6. The number of benzene rings is 1. The number of carbonyl (C=O) groups excluding carboxylic acids is 1. The van der Waals surface area contributed by atoms with Crippen LogP contribution in [0.15, 0.2) is 46.8 Å². The van der Waals surface area contributed by atoms with Gasteiger partial charge in [0.05, 0.1) is 5.69 Å². The quantitative estimate of drug-likeness (QED) is 0.594. The molecule has 1 N–H and O–H groups in total. The van der Waals surface area contributed by atoms with Crippen LogP contribution < -0.4 is 10.2 Å². The molecular formula is C17H20ClN5O. The summed E-state index contributed by atoms with van der Waals surface area (Å²) in [5, 5.41) is 11.4.